The third-order valence-electron chi connectivity index (χ3n) is 2.69. The summed E-state index contributed by atoms with van der Waals surface area (Å²) in [7, 11) is 0. The van der Waals surface area contributed by atoms with Crippen LogP contribution in [0.4, 0.5) is 4.39 Å². The highest BCUT2D eigenvalue weighted by Crippen LogP contribution is 2.28. The minimum Gasteiger partial charge on any atom is -0.316 e. The van der Waals surface area contributed by atoms with Gasteiger partial charge in [-0.3, -0.25) is 0 Å². The van der Waals surface area contributed by atoms with Crippen molar-refractivity contribution in [2.24, 2.45) is 5.92 Å². The van der Waals surface area contributed by atoms with Crippen LogP contribution in [0.2, 0.25) is 0 Å². The number of aromatic nitrogens is 2. The summed E-state index contributed by atoms with van der Waals surface area (Å²) in [5, 5.41) is 13.1. The van der Waals surface area contributed by atoms with Crippen LogP contribution in [0.15, 0.2) is 22.7 Å². The van der Waals surface area contributed by atoms with E-state index in [1.165, 1.54) is 17.4 Å². The van der Waals surface area contributed by atoms with Gasteiger partial charge in [0.15, 0.2) is 5.01 Å². The summed E-state index contributed by atoms with van der Waals surface area (Å²) in [5.74, 6) is 0.365. The van der Waals surface area contributed by atoms with Gasteiger partial charge in [-0.25, -0.2) is 4.39 Å². The molecule has 0 aliphatic rings. The van der Waals surface area contributed by atoms with Gasteiger partial charge < -0.3 is 5.32 Å². The SMILES string of the molecule is CC(C)CNCCc1nnc(-c2cc(Br)ccc2F)s1. The molecule has 108 valence electrons. The van der Waals surface area contributed by atoms with E-state index < -0.39 is 0 Å². The number of hydrogen-bond acceptors (Lipinski definition) is 4. The van der Waals surface area contributed by atoms with Gasteiger partial charge in [0.2, 0.25) is 0 Å². The highest BCUT2D eigenvalue weighted by atomic mass is 79.9. The van der Waals surface area contributed by atoms with Gasteiger partial charge in [0, 0.05) is 23.0 Å². The van der Waals surface area contributed by atoms with Crippen LogP contribution in [0.25, 0.3) is 10.6 Å². The summed E-state index contributed by atoms with van der Waals surface area (Å²) in [4.78, 5) is 0. The Morgan fingerprint density at radius 3 is 2.90 bits per heavy atom. The van der Waals surface area contributed by atoms with Gasteiger partial charge in [-0.2, -0.15) is 0 Å². The molecule has 1 aromatic heterocycles. The molecule has 2 aromatic rings. The van der Waals surface area contributed by atoms with Crippen molar-refractivity contribution < 1.29 is 4.39 Å². The third kappa shape index (κ3) is 4.33. The van der Waals surface area contributed by atoms with Crippen molar-refractivity contribution in [3.05, 3.63) is 33.5 Å². The second-order valence-electron chi connectivity index (χ2n) is 4.97. The molecule has 20 heavy (non-hydrogen) atoms. The van der Waals surface area contributed by atoms with Crippen LogP contribution in [0.5, 0.6) is 0 Å². The molecule has 0 atom stereocenters. The van der Waals surface area contributed by atoms with E-state index in [-0.39, 0.29) is 5.82 Å². The summed E-state index contributed by atoms with van der Waals surface area (Å²) < 4.78 is 14.6. The molecule has 0 saturated heterocycles. The minimum atomic E-state index is -0.270. The highest BCUT2D eigenvalue weighted by molar-refractivity contribution is 9.10. The quantitative estimate of drug-likeness (QED) is 0.796. The lowest BCUT2D eigenvalue weighted by molar-refractivity contribution is 0.553. The standard InChI is InChI=1S/C14H17BrFN3S/c1-9(2)8-17-6-5-13-18-19-14(20-13)11-7-10(15)3-4-12(11)16/h3-4,7,9,17H,5-6,8H2,1-2H3. The third-order valence-corrected chi connectivity index (χ3v) is 4.20. The molecule has 6 heteroatoms. The van der Waals surface area contributed by atoms with Crippen LogP contribution < -0.4 is 5.32 Å². The Kier molecular flexibility index (Phi) is 5.63. The Morgan fingerprint density at radius 1 is 1.35 bits per heavy atom. The largest absolute Gasteiger partial charge is 0.316 e. The van der Waals surface area contributed by atoms with E-state index in [2.05, 4.69) is 45.3 Å². The fourth-order valence-corrected chi connectivity index (χ4v) is 2.93. The van der Waals surface area contributed by atoms with E-state index in [9.17, 15) is 4.39 Å². The second kappa shape index (κ2) is 7.24. The molecule has 0 unspecified atom stereocenters. The summed E-state index contributed by atoms with van der Waals surface area (Å²) >= 11 is 4.79. The average molecular weight is 358 g/mol. The molecule has 0 bridgehead atoms. The Hall–Kier alpha value is -0.850. The zero-order chi connectivity index (χ0) is 14.5. The lowest BCUT2D eigenvalue weighted by atomic mass is 10.2. The van der Waals surface area contributed by atoms with Crippen molar-refractivity contribution in [2.75, 3.05) is 13.1 Å². The van der Waals surface area contributed by atoms with Crippen LogP contribution in [0.3, 0.4) is 0 Å². The number of benzene rings is 1. The fourth-order valence-electron chi connectivity index (χ4n) is 1.71. The molecule has 1 N–H and O–H groups in total. The van der Waals surface area contributed by atoms with Crippen molar-refractivity contribution in [1.29, 1.82) is 0 Å². The first-order valence-electron chi connectivity index (χ1n) is 6.55. The number of rotatable bonds is 6. The average Bonchev–Trinajstić information content (AvgIpc) is 2.86. The van der Waals surface area contributed by atoms with Gasteiger partial charge in [-0.15, -0.1) is 10.2 Å². The predicted molar refractivity (Wildman–Crippen MR) is 84.4 cm³/mol. The summed E-state index contributed by atoms with van der Waals surface area (Å²) in [6, 6.07) is 4.85. The van der Waals surface area contributed by atoms with Crippen molar-refractivity contribution in [1.82, 2.24) is 15.5 Å². The summed E-state index contributed by atoms with van der Waals surface area (Å²) in [6.07, 6.45) is 0.819. The van der Waals surface area contributed by atoms with Crippen LogP contribution in [0.1, 0.15) is 18.9 Å². The molecule has 1 heterocycles. The molecular formula is C14H17BrFN3S. The Bertz CT molecular complexity index is 571. The fraction of sp³-hybridized carbons (Fsp3) is 0.429. The van der Waals surface area contributed by atoms with E-state index in [1.807, 2.05) is 0 Å². The molecule has 0 spiro atoms. The predicted octanol–water partition coefficient (Wildman–Crippen LogP) is 3.89. The lowest BCUT2D eigenvalue weighted by Gasteiger charge is -2.05. The molecular weight excluding hydrogens is 341 g/mol. The maximum absolute atomic E-state index is 13.8. The van der Waals surface area contributed by atoms with Gasteiger partial charge >= 0.3 is 0 Å². The molecule has 0 aliphatic heterocycles. The van der Waals surface area contributed by atoms with E-state index >= 15 is 0 Å². The van der Waals surface area contributed by atoms with Gasteiger partial charge in [0.05, 0.1) is 0 Å². The van der Waals surface area contributed by atoms with Crippen LogP contribution >= 0.6 is 27.3 Å². The molecule has 0 radical (unpaired) electrons. The minimum absolute atomic E-state index is 0.270. The number of hydrogen-bond donors (Lipinski definition) is 1. The van der Waals surface area contributed by atoms with Gasteiger partial charge in [-0.1, -0.05) is 41.1 Å². The molecule has 0 fully saturated rings. The lowest BCUT2D eigenvalue weighted by Crippen LogP contribution is -2.22. The molecule has 3 nitrogen and oxygen atoms in total. The highest BCUT2D eigenvalue weighted by Gasteiger charge is 2.11. The van der Waals surface area contributed by atoms with Crippen LogP contribution in [-0.2, 0) is 6.42 Å². The topological polar surface area (TPSA) is 37.8 Å². The smallest absolute Gasteiger partial charge is 0.150 e. The van der Waals surface area contributed by atoms with Crippen molar-refractivity contribution in [3.8, 4) is 10.6 Å². The van der Waals surface area contributed by atoms with E-state index in [1.54, 1.807) is 12.1 Å². The molecule has 0 saturated carbocycles. The first-order valence-corrected chi connectivity index (χ1v) is 8.15. The molecule has 0 amide bonds. The maximum Gasteiger partial charge on any atom is 0.150 e. The van der Waals surface area contributed by atoms with Gasteiger partial charge in [0.25, 0.3) is 0 Å². The van der Waals surface area contributed by atoms with E-state index in [0.29, 0.717) is 16.5 Å². The van der Waals surface area contributed by atoms with Crippen molar-refractivity contribution >= 4 is 27.3 Å². The first-order chi connectivity index (χ1) is 9.56. The monoisotopic (exact) mass is 357 g/mol. The summed E-state index contributed by atoms with van der Waals surface area (Å²) in [6.45, 7) is 6.21. The van der Waals surface area contributed by atoms with Crippen LogP contribution in [0, 0.1) is 11.7 Å². The van der Waals surface area contributed by atoms with Crippen molar-refractivity contribution in [2.45, 2.75) is 20.3 Å². The van der Waals surface area contributed by atoms with E-state index in [0.717, 1.165) is 29.0 Å². The molecule has 0 aliphatic carbocycles. The van der Waals surface area contributed by atoms with E-state index in [4.69, 9.17) is 0 Å². The molecule has 1 aromatic carbocycles. The zero-order valence-corrected chi connectivity index (χ0v) is 13.9. The first kappa shape index (κ1) is 15.5. The number of halogens is 2. The maximum atomic E-state index is 13.8. The number of nitrogens with zero attached hydrogens (tertiary/aromatic N) is 2. The Balaban J connectivity index is 2.00. The summed E-state index contributed by atoms with van der Waals surface area (Å²) in [5.41, 5.74) is 0.498. The number of nitrogens with one attached hydrogen (secondary N) is 1. The molecule has 2 rings (SSSR count). The van der Waals surface area contributed by atoms with Gasteiger partial charge in [0.1, 0.15) is 10.8 Å². The van der Waals surface area contributed by atoms with Crippen molar-refractivity contribution in [3.63, 3.8) is 0 Å². The normalized spacial score (nSPS) is 11.2. The van der Waals surface area contributed by atoms with Gasteiger partial charge in [-0.05, 0) is 30.7 Å². The Morgan fingerprint density at radius 2 is 2.15 bits per heavy atom. The second-order valence-corrected chi connectivity index (χ2v) is 6.95. The Labute approximate surface area is 130 Å². The zero-order valence-electron chi connectivity index (χ0n) is 11.5. The van der Waals surface area contributed by atoms with Crippen LogP contribution in [-0.4, -0.2) is 23.3 Å².